The molecular formula is C13H9IN2OS. The van der Waals surface area contributed by atoms with Crippen molar-refractivity contribution in [2.24, 2.45) is 0 Å². The molecule has 90 valence electrons. The van der Waals surface area contributed by atoms with Crippen LogP contribution < -0.4 is 4.74 Å². The number of halogens is 1. The van der Waals surface area contributed by atoms with Crippen LogP contribution in [0.3, 0.4) is 0 Å². The summed E-state index contributed by atoms with van der Waals surface area (Å²) in [7, 11) is 0. The van der Waals surface area contributed by atoms with E-state index in [0.717, 1.165) is 19.5 Å². The van der Waals surface area contributed by atoms with Gasteiger partial charge in [0.2, 0.25) is 5.88 Å². The SMILES string of the molecule is Cc1cc2c(Oc3ccccc3I)ncnc2s1. The monoisotopic (exact) mass is 368 g/mol. The first-order valence-electron chi connectivity index (χ1n) is 5.37. The maximum Gasteiger partial charge on any atom is 0.231 e. The zero-order chi connectivity index (χ0) is 12.5. The average molecular weight is 368 g/mol. The number of hydrogen-bond acceptors (Lipinski definition) is 4. The van der Waals surface area contributed by atoms with Crippen LogP contribution in [0, 0.1) is 10.5 Å². The van der Waals surface area contributed by atoms with Crippen molar-refractivity contribution in [3.63, 3.8) is 0 Å². The number of thiophene rings is 1. The third kappa shape index (κ3) is 2.20. The van der Waals surface area contributed by atoms with E-state index in [9.17, 15) is 0 Å². The lowest BCUT2D eigenvalue weighted by Gasteiger charge is -2.06. The molecule has 0 aliphatic carbocycles. The quantitative estimate of drug-likeness (QED) is 0.629. The van der Waals surface area contributed by atoms with Gasteiger partial charge < -0.3 is 4.74 Å². The van der Waals surface area contributed by atoms with Crippen LogP contribution in [0.15, 0.2) is 36.7 Å². The van der Waals surface area contributed by atoms with Gasteiger partial charge in [-0.15, -0.1) is 11.3 Å². The molecule has 0 spiro atoms. The van der Waals surface area contributed by atoms with Gasteiger partial charge in [0, 0.05) is 4.88 Å². The molecule has 0 bridgehead atoms. The maximum absolute atomic E-state index is 5.88. The lowest BCUT2D eigenvalue weighted by Crippen LogP contribution is -1.91. The summed E-state index contributed by atoms with van der Waals surface area (Å²) in [6, 6.07) is 9.95. The van der Waals surface area contributed by atoms with Gasteiger partial charge in [-0.3, -0.25) is 0 Å². The van der Waals surface area contributed by atoms with Crippen LogP contribution in [0.4, 0.5) is 0 Å². The predicted molar refractivity (Wildman–Crippen MR) is 81.4 cm³/mol. The molecule has 3 aromatic rings. The van der Waals surface area contributed by atoms with E-state index in [-0.39, 0.29) is 0 Å². The van der Waals surface area contributed by atoms with Crippen LogP contribution in [-0.2, 0) is 0 Å². The summed E-state index contributed by atoms with van der Waals surface area (Å²) in [5, 5.41) is 0.972. The molecule has 0 unspecified atom stereocenters. The zero-order valence-electron chi connectivity index (χ0n) is 9.55. The summed E-state index contributed by atoms with van der Waals surface area (Å²) in [4.78, 5) is 10.6. The van der Waals surface area contributed by atoms with Crippen molar-refractivity contribution in [2.75, 3.05) is 0 Å². The molecule has 2 aromatic heterocycles. The van der Waals surface area contributed by atoms with Crippen molar-refractivity contribution >= 4 is 44.1 Å². The molecule has 2 heterocycles. The van der Waals surface area contributed by atoms with E-state index in [1.807, 2.05) is 24.3 Å². The summed E-state index contributed by atoms with van der Waals surface area (Å²) in [5.74, 6) is 1.44. The number of hydrogen-bond donors (Lipinski definition) is 0. The Balaban J connectivity index is 2.07. The Morgan fingerprint density at radius 2 is 2.06 bits per heavy atom. The smallest absolute Gasteiger partial charge is 0.231 e. The van der Waals surface area contributed by atoms with Crippen LogP contribution in [0.1, 0.15) is 4.88 Å². The number of nitrogens with zero attached hydrogens (tertiary/aromatic N) is 2. The Morgan fingerprint density at radius 3 is 2.89 bits per heavy atom. The van der Waals surface area contributed by atoms with Crippen LogP contribution in [0.2, 0.25) is 0 Å². The van der Waals surface area contributed by atoms with Gasteiger partial charge in [0.05, 0.1) is 8.96 Å². The molecule has 0 aliphatic rings. The Bertz CT molecular complexity index is 711. The number of ether oxygens (including phenoxy) is 1. The van der Waals surface area contributed by atoms with Gasteiger partial charge >= 0.3 is 0 Å². The normalized spacial score (nSPS) is 10.8. The molecule has 18 heavy (non-hydrogen) atoms. The fourth-order valence-electron chi connectivity index (χ4n) is 1.67. The van der Waals surface area contributed by atoms with Crippen molar-refractivity contribution in [1.29, 1.82) is 0 Å². The maximum atomic E-state index is 5.88. The molecule has 0 amide bonds. The predicted octanol–water partition coefficient (Wildman–Crippen LogP) is 4.40. The molecule has 0 saturated carbocycles. The minimum absolute atomic E-state index is 0.619. The van der Waals surface area contributed by atoms with Crippen molar-refractivity contribution < 1.29 is 4.74 Å². The third-order valence-corrected chi connectivity index (χ3v) is 4.31. The highest BCUT2D eigenvalue weighted by atomic mass is 127. The molecule has 5 heteroatoms. The topological polar surface area (TPSA) is 35.0 Å². The van der Waals surface area contributed by atoms with Crippen molar-refractivity contribution in [1.82, 2.24) is 9.97 Å². The third-order valence-electron chi connectivity index (χ3n) is 2.46. The van der Waals surface area contributed by atoms with Gasteiger partial charge in [0.1, 0.15) is 16.9 Å². The molecular weight excluding hydrogens is 359 g/mol. The number of rotatable bonds is 2. The average Bonchev–Trinajstić information content (AvgIpc) is 2.73. The molecule has 3 nitrogen and oxygen atoms in total. The Kier molecular flexibility index (Phi) is 3.17. The van der Waals surface area contributed by atoms with E-state index in [1.165, 1.54) is 4.88 Å². The second-order valence-corrected chi connectivity index (χ2v) is 6.18. The summed E-state index contributed by atoms with van der Waals surface area (Å²) in [5.41, 5.74) is 0. The Labute approximate surface area is 122 Å². The second kappa shape index (κ2) is 4.81. The highest BCUT2D eigenvalue weighted by Crippen LogP contribution is 2.33. The minimum atomic E-state index is 0.619. The summed E-state index contributed by atoms with van der Waals surface area (Å²) >= 11 is 3.90. The van der Waals surface area contributed by atoms with Gasteiger partial charge in [0.15, 0.2) is 0 Å². The van der Waals surface area contributed by atoms with Crippen LogP contribution in [-0.4, -0.2) is 9.97 Å². The zero-order valence-corrected chi connectivity index (χ0v) is 12.5. The number of aromatic nitrogens is 2. The Morgan fingerprint density at radius 1 is 1.22 bits per heavy atom. The number of fused-ring (bicyclic) bond motifs is 1. The minimum Gasteiger partial charge on any atom is -0.437 e. The van der Waals surface area contributed by atoms with Crippen LogP contribution >= 0.6 is 33.9 Å². The summed E-state index contributed by atoms with van der Waals surface area (Å²) in [6.45, 7) is 2.06. The summed E-state index contributed by atoms with van der Waals surface area (Å²) < 4.78 is 6.95. The van der Waals surface area contributed by atoms with Gasteiger partial charge in [-0.1, -0.05) is 12.1 Å². The van der Waals surface area contributed by atoms with Crippen molar-refractivity contribution in [2.45, 2.75) is 6.92 Å². The first-order chi connectivity index (χ1) is 8.74. The van der Waals surface area contributed by atoms with E-state index in [1.54, 1.807) is 17.7 Å². The lowest BCUT2D eigenvalue weighted by molar-refractivity contribution is 0.465. The van der Waals surface area contributed by atoms with Gasteiger partial charge in [0.25, 0.3) is 0 Å². The molecule has 3 rings (SSSR count). The van der Waals surface area contributed by atoms with Crippen molar-refractivity contribution in [3.8, 4) is 11.6 Å². The molecule has 0 N–H and O–H groups in total. The van der Waals surface area contributed by atoms with Gasteiger partial charge in [-0.2, -0.15) is 0 Å². The molecule has 1 aromatic carbocycles. The number of aryl methyl sites for hydroxylation is 1. The number of benzene rings is 1. The second-order valence-electron chi connectivity index (χ2n) is 3.79. The fourth-order valence-corrected chi connectivity index (χ4v) is 3.00. The van der Waals surface area contributed by atoms with Gasteiger partial charge in [-0.05, 0) is 47.7 Å². The highest BCUT2D eigenvalue weighted by molar-refractivity contribution is 14.1. The molecule has 0 saturated heterocycles. The van der Waals surface area contributed by atoms with E-state index >= 15 is 0 Å². The largest absolute Gasteiger partial charge is 0.437 e. The highest BCUT2D eigenvalue weighted by Gasteiger charge is 2.10. The van der Waals surface area contributed by atoms with E-state index in [2.05, 4.69) is 45.5 Å². The molecule has 0 radical (unpaired) electrons. The lowest BCUT2D eigenvalue weighted by atomic mass is 10.3. The van der Waals surface area contributed by atoms with Gasteiger partial charge in [-0.25, -0.2) is 9.97 Å². The van der Waals surface area contributed by atoms with E-state index in [0.29, 0.717) is 5.88 Å². The van der Waals surface area contributed by atoms with Crippen LogP contribution in [0.5, 0.6) is 11.6 Å². The standard InChI is InChI=1S/C13H9IN2OS/c1-8-6-9-12(15-7-16-13(9)18-8)17-11-5-3-2-4-10(11)14/h2-7H,1H3. The van der Waals surface area contributed by atoms with E-state index in [4.69, 9.17) is 4.74 Å². The van der Waals surface area contributed by atoms with E-state index < -0.39 is 0 Å². The fraction of sp³-hybridized carbons (Fsp3) is 0.0769. The first kappa shape index (κ1) is 11.9. The van der Waals surface area contributed by atoms with Crippen molar-refractivity contribution in [3.05, 3.63) is 45.1 Å². The molecule has 0 atom stereocenters. The Hall–Kier alpha value is -1.21. The number of para-hydroxylation sites is 1. The first-order valence-corrected chi connectivity index (χ1v) is 7.27. The molecule has 0 aliphatic heterocycles. The molecule has 0 fully saturated rings. The summed E-state index contributed by atoms with van der Waals surface area (Å²) in [6.07, 6.45) is 1.55. The van der Waals surface area contributed by atoms with Crippen LogP contribution in [0.25, 0.3) is 10.2 Å².